The second-order valence-corrected chi connectivity index (χ2v) is 7.38. The van der Waals surface area contributed by atoms with E-state index in [0.29, 0.717) is 24.0 Å². The van der Waals surface area contributed by atoms with Crippen molar-refractivity contribution in [2.45, 2.75) is 50.3 Å². The van der Waals surface area contributed by atoms with E-state index in [9.17, 15) is 0 Å². The van der Waals surface area contributed by atoms with Crippen molar-refractivity contribution in [1.29, 1.82) is 0 Å². The van der Waals surface area contributed by atoms with Gasteiger partial charge in [-0.2, -0.15) is 0 Å². The van der Waals surface area contributed by atoms with E-state index in [0.717, 1.165) is 16.7 Å². The molecular weight excluding hydrogens is 388 g/mol. The van der Waals surface area contributed by atoms with Crippen LogP contribution in [-0.4, -0.2) is 30.5 Å². The number of rotatable bonds is 3. The van der Waals surface area contributed by atoms with E-state index in [1.165, 1.54) is 6.42 Å². The molecule has 2 saturated heterocycles. The monoisotopic (exact) mass is 402 g/mol. The highest BCUT2D eigenvalue weighted by molar-refractivity contribution is 9.11. The SMILES string of the molecule is C[C@@H]1O[C@@H]1[C@H]1C[C@H]1[C@@H]1OC2=C(Br)C[C@@H](C=C=CBr)O[C@H]21. The third-order valence-electron chi connectivity index (χ3n) is 4.63. The highest BCUT2D eigenvalue weighted by atomic mass is 79.9. The fraction of sp³-hybridized carbons (Fsp3) is 0.667. The molecule has 0 aromatic heterocycles. The molecule has 5 heteroatoms. The Balaban J connectivity index is 1.43. The standard InChI is InChI=1S/C15H16Br2O3/c1-7-12(18-7)9-6-10(9)13-15-14(20-13)11(17)5-8(19-15)3-2-4-16/h3-4,7-10,12-13,15H,5-6H2,1H3/t2?,7-,8+,9-,10+,12-,13-,15-/m0/s1. The number of ether oxygens (including phenoxy) is 3. The molecule has 1 aliphatic carbocycles. The number of hydrogen-bond donors (Lipinski definition) is 0. The van der Waals surface area contributed by atoms with Gasteiger partial charge in [0.05, 0.1) is 18.3 Å². The van der Waals surface area contributed by atoms with Gasteiger partial charge in [0.1, 0.15) is 11.9 Å². The van der Waals surface area contributed by atoms with Crippen molar-refractivity contribution in [1.82, 2.24) is 0 Å². The van der Waals surface area contributed by atoms with E-state index in [-0.39, 0.29) is 18.3 Å². The topological polar surface area (TPSA) is 31.0 Å². The maximum atomic E-state index is 6.13. The first-order valence-electron chi connectivity index (χ1n) is 7.06. The molecule has 7 atom stereocenters. The summed E-state index contributed by atoms with van der Waals surface area (Å²) >= 11 is 6.85. The van der Waals surface area contributed by atoms with Gasteiger partial charge in [-0.3, -0.25) is 0 Å². The first kappa shape index (κ1) is 13.6. The highest BCUT2D eigenvalue weighted by Gasteiger charge is 2.62. The largest absolute Gasteiger partial charge is 0.487 e. The van der Waals surface area contributed by atoms with Crippen LogP contribution >= 0.6 is 31.9 Å². The van der Waals surface area contributed by atoms with Gasteiger partial charge in [0.2, 0.25) is 0 Å². The Hall–Kier alpha value is -0.0600. The van der Waals surface area contributed by atoms with Crippen LogP contribution in [0.15, 0.2) is 27.0 Å². The summed E-state index contributed by atoms with van der Waals surface area (Å²) in [4.78, 5) is 1.72. The molecule has 3 heterocycles. The number of epoxide rings is 1. The summed E-state index contributed by atoms with van der Waals surface area (Å²) in [7, 11) is 0. The second kappa shape index (κ2) is 4.99. The quantitative estimate of drug-likeness (QED) is 0.532. The minimum atomic E-state index is 0.0756. The van der Waals surface area contributed by atoms with Crippen LogP contribution in [0.25, 0.3) is 0 Å². The minimum absolute atomic E-state index is 0.0756. The summed E-state index contributed by atoms with van der Waals surface area (Å²) in [5.74, 6) is 2.28. The number of hydrogen-bond acceptors (Lipinski definition) is 3. The lowest BCUT2D eigenvalue weighted by Gasteiger charge is -2.45. The fourth-order valence-corrected chi connectivity index (χ4v) is 4.21. The molecule has 0 bridgehead atoms. The van der Waals surface area contributed by atoms with E-state index in [2.05, 4.69) is 44.5 Å². The van der Waals surface area contributed by atoms with Crippen LogP contribution in [0.4, 0.5) is 0 Å². The lowest BCUT2D eigenvalue weighted by molar-refractivity contribution is -0.168. The lowest BCUT2D eigenvalue weighted by Crippen LogP contribution is -2.50. The molecule has 0 spiro atoms. The van der Waals surface area contributed by atoms with Crippen molar-refractivity contribution in [3.05, 3.63) is 27.0 Å². The summed E-state index contributed by atoms with van der Waals surface area (Å²) < 4.78 is 18.8. The van der Waals surface area contributed by atoms with Gasteiger partial charge in [0.15, 0.2) is 6.10 Å². The molecule has 108 valence electrons. The van der Waals surface area contributed by atoms with Gasteiger partial charge in [-0.25, -0.2) is 0 Å². The van der Waals surface area contributed by atoms with Crippen LogP contribution < -0.4 is 0 Å². The van der Waals surface area contributed by atoms with Crippen molar-refractivity contribution in [2.75, 3.05) is 0 Å². The Labute approximate surface area is 135 Å². The van der Waals surface area contributed by atoms with E-state index >= 15 is 0 Å². The molecule has 20 heavy (non-hydrogen) atoms. The molecule has 3 nitrogen and oxygen atoms in total. The van der Waals surface area contributed by atoms with Gasteiger partial charge in [-0.05, 0) is 25.3 Å². The predicted octanol–water partition coefficient (Wildman–Crippen LogP) is 3.64. The first-order valence-corrected chi connectivity index (χ1v) is 8.77. The summed E-state index contributed by atoms with van der Waals surface area (Å²) in [6.07, 6.45) is 5.30. The molecule has 0 aromatic rings. The van der Waals surface area contributed by atoms with Crippen LogP contribution in [0.2, 0.25) is 0 Å². The first-order chi connectivity index (χ1) is 9.69. The summed E-state index contributed by atoms with van der Waals surface area (Å²) in [6, 6.07) is 0. The van der Waals surface area contributed by atoms with Crippen LogP contribution in [0.3, 0.4) is 0 Å². The van der Waals surface area contributed by atoms with Crippen LogP contribution in [-0.2, 0) is 14.2 Å². The maximum absolute atomic E-state index is 6.13. The summed E-state index contributed by atoms with van der Waals surface area (Å²) in [6.45, 7) is 2.15. The normalized spacial score (nSPS) is 48.5. The van der Waals surface area contributed by atoms with Gasteiger partial charge in [0.25, 0.3) is 0 Å². The van der Waals surface area contributed by atoms with E-state index in [4.69, 9.17) is 14.2 Å². The Morgan fingerprint density at radius 3 is 2.70 bits per heavy atom. The highest BCUT2D eigenvalue weighted by Crippen LogP contribution is 2.57. The van der Waals surface area contributed by atoms with Crippen molar-refractivity contribution >= 4 is 31.9 Å². The van der Waals surface area contributed by atoms with Gasteiger partial charge < -0.3 is 14.2 Å². The summed E-state index contributed by atoms with van der Waals surface area (Å²) in [5, 5.41) is 0. The predicted molar refractivity (Wildman–Crippen MR) is 81.6 cm³/mol. The third kappa shape index (κ3) is 2.24. The van der Waals surface area contributed by atoms with Crippen molar-refractivity contribution in [3.8, 4) is 0 Å². The Kier molecular flexibility index (Phi) is 3.39. The van der Waals surface area contributed by atoms with Gasteiger partial charge in [-0.15, -0.1) is 5.73 Å². The lowest BCUT2D eigenvalue weighted by atomic mass is 9.95. The van der Waals surface area contributed by atoms with Gasteiger partial charge in [-0.1, -0.05) is 31.9 Å². The zero-order chi connectivity index (χ0) is 13.9. The molecule has 3 aliphatic heterocycles. The van der Waals surface area contributed by atoms with Crippen molar-refractivity contribution < 1.29 is 14.2 Å². The van der Waals surface area contributed by atoms with E-state index < -0.39 is 0 Å². The second-order valence-electron chi connectivity index (χ2n) is 5.96. The molecule has 0 unspecified atom stereocenters. The maximum Gasteiger partial charge on any atom is 0.153 e. The van der Waals surface area contributed by atoms with Crippen LogP contribution in [0.1, 0.15) is 19.8 Å². The Morgan fingerprint density at radius 1 is 1.25 bits per heavy atom. The molecule has 0 N–H and O–H groups in total. The van der Waals surface area contributed by atoms with E-state index in [1.54, 1.807) is 4.99 Å². The molecule has 4 aliphatic rings. The molecule has 3 fully saturated rings. The van der Waals surface area contributed by atoms with Crippen molar-refractivity contribution in [3.63, 3.8) is 0 Å². The molecule has 0 radical (unpaired) electrons. The zero-order valence-corrected chi connectivity index (χ0v) is 14.3. The van der Waals surface area contributed by atoms with Crippen LogP contribution in [0, 0.1) is 11.8 Å². The van der Waals surface area contributed by atoms with Gasteiger partial charge in [0, 0.05) is 21.8 Å². The third-order valence-corrected chi connectivity index (χ3v) is 5.61. The summed E-state index contributed by atoms with van der Waals surface area (Å²) in [5.41, 5.74) is 3.04. The Bertz CT molecular complexity index is 523. The van der Waals surface area contributed by atoms with Crippen LogP contribution in [0.5, 0.6) is 0 Å². The fourth-order valence-electron chi connectivity index (χ4n) is 3.42. The molecule has 4 rings (SSSR count). The van der Waals surface area contributed by atoms with E-state index in [1.807, 2.05) is 6.08 Å². The number of halogens is 2. The molecular formula is C15H16Br2O3. The average Bonchev–Trinajstić information content (AvgIpc) is 3.28. The molecule has 1 saturated carbocycles. The Morgan fingerprint density at radius 2 is 2.00 bits per heavy atom. The van der Waals surface area contributed by atoms with Crippen molar-refractivity contribution in [2.24, 2.45) is 11.8 Å². The average molecular weight is 404 g/mol. The number of fused-ring (bicyclic) bond motifs is 1. The zero-order valence-electron chi connectivity index (χ0n) is 11.1. The van der Waals surface area contributed by atoms with Gasteiger partial charge >= 0.3 is 0 Å². The minimum Gasteiger partial charge on any atom is -0.487 e. The smallest absolute Gasteiger partial charge is 0.153 e. The molecule has 0 aromatic carbocycles. The molecule has 0 amide bonds.